The molecule has 1 saturated heterocycles. The summed E-state index contributed by atoms with van der Waals surface area (Å²) in [6.07, 6.45) is 2.22. The van der Waals surface area contributed by atoms with E-state index in [1.165, 1.54) is 4.57 Å². The van der Waals surface area contributed by atoms with Gasteiger partial charge in [0.05, 0.1) is 24.1 Å². The van der Waals surface area contributed by atoms with E-state index in [1.54, 1.807) is 0 Å². The summed E-state index contributed by atoms with van der Waals surface area (Å²) in [4.78, 5) is 31.8. The number of nitrogens with zero attached hydrogens (tertiary/aromatic N) is 4. The third kappa shape index (κ3) is 5.75. The van der Waals surface area contributed by atoms with Crippen LogP contribution in [0.5, 0.6) is 0 Å². The Balaban J connectivity index is 1.35. The van der Waals surface area contributed by atoms with Crippen LogP contribution in [0.2, 0.25) is 0 Å². The highest BCUT2D eigenvalue weighted by Crippen LogP contribution is 2.27. The Morgan fingerprint density at radius 2 is 1.68 bits per heavy atom. The minimum atomic E-state index is -1.63. The predicted molar refractivity (Wildman–Crippen MR) is 135 cm³/mol. The lowest BCUT2D eigenvalue weighted by Gasteiger charge is -2.36. The second kappa shape index (κ2) is 12.0. The molecule has 38 heavy (non-hydrogen) atoms. The fraction of sp³-hybridized carbons (Fsp3) is 0.370. The van der Waals surface area contributed by atoms with Crippen LogP contribution in [0.15, 0.2) is 41.2 Å². The van der Waals surface area contributed by atoms with Crippen molar-refractivity contribution in [2.75, 3.05) is 44.7 Å². The molecule has 0 spiro atoms. The lowest BCUT2D eigenvalue weighted by atomic mass is 10.1. The molecule has 200 valence electrons. The largest absolute Gasteiger partial charge is 0.464 e. The van der Waals surface area contributed by atoms with Crippen LogP contribution in [0.3, 0.4) is 0 Å². The number of ether oxygens (including phenoxy) is 1. The fourth-order valence-electron chi connectivity index (χ4n) is 4.76. The Labute approximate surface area is 217 Å². The highest BCUT2D eigenvalue weighted by molar-refractivity contribution is 5.94. The number of para-hydroxylation sites is 1. The number of carbonyl (C=O) groups is 1. The van der Waals surface area contributed by atoms with Crippen molar-refractivity contribution in [1.29, 1.82) is 5.26 Å². The Kier molecular flexibility index (Phi) is 8.53. The van der Waals surface area contributed by atoms with Gasteiger partial charge < -0.3 is 9.64 Å². The lowest BCUT2D eigenvalue weighted by Crippen LogP contribution is -2.46. The van der Waals surface area contributed by atoms with Crippen LogP contribution in [0.1, 0.15) is 35.3 Å². The standard InChI is InChI=1S/C27H28F3N5O3/c1-38-26(36)24-25(19-15-20(28)23(30)21(29)16-19)35(27(37)32-24)10-6-2-5-9-33-11-13-34(14-12-33)22-8-4-3-7-18(22)17-31/h3-4,7-8,15-16H,2,5-6,9-14H2,1H3,(H,32,37). The number of halogens is 3. The number of aromatic amines is 1. The molecule has 0 atom stereocenters. The number of hydrogen-bond acceptors (Lipinski definition) is 6. The van der Waals surface area contributed by atoms with Crippen molar-refractivity contribution < 1.29 is 22.7 Å². The Morgan fingerprint density at radius 3 is 2.34 bits per heavy atom. The molecule has 8 nitrogen and oxygen atoms in total. The molecular weight excluding hydrogens is 499 g/mol. The summed E-state index contributed by atoms with van der Waals surface area (Å²) in [6.45, 7) is 4.44. The number of piperazine rings is 1. The Morgan fingerprint density at radius 1 is 1.03 bits per heavy atom. The van der Waals surface area contributed by atoms with Gasteiger partial charge in [0.2, 0.25) is 0 Å². The number of methoxy groups -OCH3 is 1. The number of anilines is 1. The van der Waals surface area contributed by atoms with E-state index in [4.69, 9.17) is 4.74 Å². The smallest absolute Gasteiger partial charge is 0.356 e. The van der Waals surface area contributed by atoms with E-state index in [1.807, 2.05) is 24.3 Å². The summed E-state index contributed by atoms with van der Waals surface area (Å²) in [6, 6.07) is 11.3. The third-order valence-electron chi connectivity index (χ3n) is 6.72. The second-order valence-electron chi connectivity index (χ2n) is 9.07. The molecule has 0 amide bonds. The molecule has 11 heteroatoms. The number of aromatic nitrogens is 2. The summed E-state index contributed by atoms with van der Waals surface area (Å²) in [7, 11) is 1.12. The molecule has 0 aliphatic carbocycles. The molecule has 1 fully saturated rings. The normalized spacial score (nSPS) is 13.9. The van der Waals surface area contributed by atoms with E-state index in [0.29, 0.717) is 12.0 Å². The molecule has 1 aromatic heterocycles. The van der Waals surface area contributed by atoms with Crippen LogP contribution < -0.4 is 10.6 Å². The summed E-state index contributed by atoms with van der Waals surface area (Å²) >= 11 is 0. The average molecular weight is 528 g/mol. The van der Waals surface area contributed by atoms with Gasteiger partial charge in [-0.3, -0.25) is 14.5 Å². The molecule has 1 aliphatic heterocycles. The summed E-state index contributed by atoms with van der Waals surface area (Å²) < 4.78 is 47.3. The van der Waals surface area contributed by atoms with E-state index in [0.717, 1.165) is 70.5 Å². The highest BCUT2D eigenvalue weighted by atomic mass is 19.2. The Hall–Kier alpha value is -4.04. The number of esters is 1. The predicted octanol–water partition coefficient (Wildman–Crippen LogP) is 3.91. The average Bonchev–Trinajstić information content (AvgIpc) is 3.27. The topological polar surface area (TPSA) is 94.4 Å². The number of rotatable bonds is 9. The highest BCUT2D eigenvalue weighted by Gasteiger charge is 2.24. The molecule has 0 radical (unpaired) electrons. The summed E-state index contributed by atoms with van der Waals surface area (Å²) in [5.41, 5.74) is 0.555. The number of H-pyrrole nitrogens is 1. The van der Waals surface area contributed by atoms with Crippen molar-refractivity contribution in [2.45, 2.75) is 25.8 Å². The Bertz CT molecular complexity index is 1380. The maximum atomic E-state index is 13.9. The van der Waals surface area contributed by atoms with Crippen molar-refractivity contribution in [3.05, 3.63) is 75.6 Å². The molecule has 1 N–H and O–H groups in total. The fourth-order valence-corrected chi connectivity index (χ4v) is 4.76. The maximum Gasteiger partial charge on any atom is 0.356 e. The van der Waals surface area contributed by atoms with E-state index >= 15 is 0 Å². The summed E-state index contributed by atoms with van der Waals surface area (Å²) in [5.74, 6) is -5.36. The number of nitriles is 1. The molecule has 3 aromatic rings. The van der Waals surface area contributed by atoms with Crippen LogP contribution >= 0.6 is 0 Å². The molecule has 2 aromatic carbocycles. The van der Waals surface area contributed by atoms with Gasteiger partial charge >= 0.3 is 11.7 Å². The number of benzene rings is 2. The van der Waals surface area contributed by atoms with Gasteiger partial charge in [0, 0.05) is 38.3 Å². The van der Waals surface area contributed by atoms with Gasteiger partial charge in [-0.2, -0.15) is 5.26 Å². The monoisotopic (exact) mass is 527 g/mol. The molecule has 1 aliphatic rings. The van der Waals surface area contributed by atoms with Crippen molar-refractivity contribution in [2.24, 2.45) is 0 Å². The molecular formula is C27H28F3N5O3. The third-order valence-corrected chi connectivity index (χ3v) is 6.72. The van der Waals surface area contributed by atoms with Gasteiger partial charge in [-0.25, -0.2) is 22.8 Å². The zero-order valence-corrected chi connectivity index (χ0v) is 21.0. The van der Waals surface area contributed by atoms with E-state index in [2.05, 4.69) is 20.9 Å². The van der Waals surface area contributed by atoms with E-state index in [-0.39, 0.29) is 23.5 Å². The van der Waals surface area contributed by atoms with Crippen molar-refractivity contribution in [3.8, 4) is 17.3 Å². The number of nitrogens with one attached hydrogen (secondary N) is 1. The second-order valence-corrected chi connectivity index (χ2v) is 9.07. The first-order chi connectivity index (χ1) is 18.3. The number of imidazole rings is 1. The zero-order valence-electron chi connectivity index (χ0n) is 21.0. The number of hydrogen-bond donors (Lipinski definition) is 1. The molecule has 4 rings (SSSR count). The molecule has 0 bridgehead atoms. The van der Waals surface area contributed by atoms with Gasteiger partial charge in [-0.1, -0.05) is 18.6 Å². The zero-order chi connectivity index (χ0) is 27.2. The van der Waals surface area contributed by atoms with Gasteiger partial charge in [-0.15, -0.1) is 0 Å². The van der Waals surface area contributed by atoms with E-state index in [9.17, 15) is 28.0 Å². The van der Waals surface area contributed by atoms with Crippen LogP contribution in [-0.2, 0) is 11.3 Å². The number of carbonyl (C=O) groups excluding carboxylic acids is 1. The lowest BCUT2D eigenvalue weighted by molar-refractivity contribution is 0.0595. The number of unbranched alkanes of at least 4 members (excludes halogenated alkanes) is 2. The first kappa shape index (κ1) is 27.0. The summed E-state index contributed by atoms with van der Waals surface area (Å²) in [5, 5.41) is 9.34. The molecule has 2 heterocycles. The first-order valence-electron chi connectivity index (χ1n) is 12.4. The molecule has 0 saturated carbocycles. The van der Waals surface area contributed by atoms with Crippen LogP contribution in [-0.4, -0.2) is 60.3 Å². The van der Waals surface area contributed by atoms with Crippen molar-refractivity contribution in [3.63, 3.8) is 0 Å². The van der Waals surface area contributed by atoms with Gasteiger partial charge in [0.25, 0.3) is 0 Å². The first-order valence-corrected chi connectivity index (χ1v) is 12.4. The van der Waals surface area contributed by atoms with Crippen LogP contribution in [0.4, 0.5) is 18.9 Å². The van der Waals surface area contributed by atoms with Crippen molar-refractivity contribution in [1.82, 2.24) is 14.5 Å². The minimum absolute atomic E-state index is 0.0478. The molecule has 0 unspecified atom stereocenters. The maximum absolute atomic E-state index is 13.9. The van der Waals surface area contributed by atoms with Crippen LogP contribution in [0.25, 0.3) is 11.3 Å². The van der Waals surface area contributed by atoms with Gasteiger partial charge in [0.1, 0.15) is 6.07 Å². The van der Waals surface area contributed by atoms with Crippen molar-refractivity contribution >= 4 is 11.7 Å². The van der Waals surface area contributed by atoms with Gasteiger partial charge in [-0.05, 0) is 43.7 Å². The quantitative estimate of drug-likeness (QED) is 0.258. The SMILES string of the molecule is COC(=O)c1[nH]c(=O)n(CCCCCN2CCN(c3ccccc3C#N)CC2)c1-c1cc(F)c(F)c(F)c1. The van der Waals surface area contributed by atoms with E-state index < -0.39 is 29.1 Å². The van der Waals surface area contributed by atoms with Gasteiger partial charge in [0.15, 0.2) is 23.1 Å². The van der Waals surface area contributed by atoms with Crippen LogP contribution in [0, 0.1) is 28.8 Å². The minimum Gasteiger partial charge on any atom is -0.464 e.